The molecule has 1 saturated heterocycles. The predicted octanol–water partition coefficient (Wildman–Crippen LogP) is 1.94. The summed E-state index contributed by atoms with van der Waals surface area (Å²) in [5, 5.41) is 2.91. The Morgan fingerprint density at radius 1 is 1.32 bits per heavy atom. The van der Waals surface area contributed by atoms with Crippen molar-refractivity contribution in [2.45, 2.75) is 71.5 Å². The molecule has 2 amide bonds. The molecule has 1 aliphatic heterocycles. The quantitative estimate of drug-likeness (QED) is 0.845. The summed E-state index contributed by atoms with van der Waals surface area (Å²) in [6.45, 7) is 8.29. The topological polar surface area (TPSA) is 49.4 Å². The van der Waals surface area contributed by atoms with E-state index in [0.717, 1.165) is 25.7 Å². The molecule has 2 unspecified atom stereocenters. The van der Waals surface area contributed by atoms with Gasteiger partial charge in [0.15, 0.2) is 0 Å². The average Bonchev–Trinajstić information content (AvgIpc) is 2.29. The van der Waals surface area contributed by atoms with Crippen molar-refractivity contribution < 1.29 is 9.59 Å². The molecule has 0 aromatic rings. The first kappa shape index (κ1) is 14.4. The van der Waals surface area contributed by atoms with Gasteiger partial charge in [-0.25, -0.2) is 0 Å². The fourth-order valence-corrected chi connectivity index (χ4v) is 3.36. The van der Waals surface area contributed by atoms with Crippen LogP contribution in [0.4, 0.5) is 0 Å². The normalized spacial score (nSPS) is 35.3. The molecule has 0 spiro atoms. The highest BCUT2D eigenvalue weighted by Crippen LogP contribution is 2.35. The number of hydrogen-bond acceptors (Lipinski definition) is 2. The summed E-state index contributed by atoms with van der Waals surface area (Å²) in [7, 11) is 0. The number of carbonyl (C=O) groups excluding carboxylic acids is 2. The monoisotopic (exact) mass is 266 g/mol. The average molecular weight is 266 g/mol. The first-order valence-electron chi connectivity index (χ1n) is 7.58. The van der Waals surface area contributed by atoms with Crippen molar-refractivity contribution in [2.24, 2.45) is 11.8 Å². The molecule has 2 atom stereocenters. The molecule has 0 radical (unpaired) electrons. The van der Waals surface area contributed by atoms with Crippen molar-refractivity contribution in [2.75, 3.05) is 0 Å². The van der Waals surface area contributed by atoms with Crippen molar-refractivity contribution in [3.63, 3.8) is 0 Å². The molecule has 1 heterocycles. The molecule has 0 aromatic heterocycles. The minimum atomic E-state index is -0.302. The molecule has 1 aliphatic carbocycles. The molecular weight excluding hydrogens is 240 g/mol. The van der Waals surface area contributed by atoms with Crippen molar-refractivity contribution in [3.8, 4) is 0 Å². The van der Waals surface area contributed by atoms with E-state index < -0.39 is 0 Å². The molecule has 108 valence electrons. The minimum Gasteiger partial charge on any atom is -0.342 e. The number of rotatable bonds is 4. The molecule has 2 rings (SSSR count). The summed E-state index contributed by atoms with van der Waals surface area (Å²) in [6.07, 6.45) is 3.74. The van der Waals surface area contributed by atoms with Crippen molar-refractivity contribution in [3.05, 3.63) is 0 Å². The van der Waals surface area contributed by atoms with Gasteiger partial charge in [-0.1, -0.05) is 34.1 Å². The van der Waals surface area contributed by atoms with Crippen molar-refractivity contribution in [1.29, 1.82) is 0 Å². The Hall–Kier alpha value is -1.06. The van der Waals surface area contributed by atoms with Gasteiger partial charge in [0.2, 0.25) is 11.8 Å². The fourth-order valence-electron chi connectivity index (χ4n) is 3.36. The van der Waals surface area contributed by atoms with Crippen LogP contribution in [0.3, 0.4) is 0 Å². The maximum atomic E-state index is 12.6. The van der Waals surface area contributed by atoms with Crippen LogP contribution < -0.4 is 5.32 Å². The van der Waals surface area contributed by atoms with E-state index in [2.05, 4.69) is 12.2 Å². The van der Waals surface area contributed by atoms with Crippen LogP contribution in [0.2, 0.25) is 0 Å². The first-order valence-corrected chi connectivity index (χ1v) is 7.58. The van der Waals surface area contributed by atoms with Crippen LogP contribution in [-0.2, 0) is 9.59 Å². The number of nitrogens with one attached hydrogen (secondary N) is 1. The molecule has 2 fully saturated rings. The predicted molar refractivity (Wildman–Crippen MR) is 74.5 cm³/mol. The lowest BCUT2D eigenvalue weighted by Gasteiger charge is -2.49. The molecule has 0 aromatic carbocycles. The van der Waals surface area contributed by atoms with E-state index in [0.29, 0.717) is 5.92 Å². The minimum absolute atomic E-state index is 0.0348. The van der Waals surface area contributed by atoms with Crippen LogP contribution in [0.1, 0.15) is 53.4 Å². The van der Waals surface area contributed by atoms with Gasteiger partial charge in [0, 0.05) is 6.04 Å². The smallest absolute Gasteiger partial charge is 0.246 e. The van der Waals surface area contributed by atoms with Gasteiger partial charge in [-0.3, -0.25) is 9.59 Å². The third-order valence-corrected chi connectivity index (χ3v) is 4.39. The third kappa shape index (κ3) is 2.63. The van der Waals surface area contributed by atoms with Gasteiger partial charge in [0.05, 0.1) is 0 Å². The van der Waals surface area contributed by atoms with Gasteiger partial charge < -0.3 is 10.2 Å². The lowest BCUT2D eigenvalue weighted by Crippen LogP contribution is -2.68. The maximum absolute atomic E-state index is 12.6. The molecule has 0 bridgehead atoms. The molecule has 2 aliphatic rings. The van der Waals surface area contributed by atoms with E-state index in [1.165, 1.54) is 0 Å². The maximum Gasteiger partial charge on any atom is 0.246 e. The zero-order valence-corrected chi connectivity index (χ0v) is 12.5. The van der Waals surface area contributed by atoms with Crippen LogP contribution in [0, 0.1) is 11.8 Å². The summed E-state index contributed by atoms with van der Waals surface area (Å²) < 4.78 is 0. The third-order valence-electron chi connectivity index (χ3n) is 4.39. The van der Waals surface area contributed by atoms with Crippen LogP contribution in [0.25, 0.3) is 0 Å². The van der Waals surface area contributed by atoms with E-state index in [1.54, 1.807) is 0 Å². The Morgan fingerprint density at radius 2 is 1.95 bits per heavy atom. The van der Waals surface area contributed by atoms with E-state index >= 15 is 0 Å². The van der Waals surface area contributed by atoms with E-state index in [-0.39, 0.29) is 35.9 Å². The molecular formula is C15H26N2O2. The first-order chi connectivity index (χ1) is 8.95. The Bertz CT molecular complexity index is 361. The van der Waals surface area contributed by atoms with Gasteiger partial charge in [0.1, 0.15) is 12.1 Å². The van der Waals surface area contributed by atoms with E-state index in [1.807, 2.05) is 25.7 Å². The summed E-state index contributed by atoms with van der Waals surface area (Å²) in [6, 6.07) is -0.304. The van der Waals surface area contributed by atoms with E-state index in [9.17, 15) is 9.59 Å². The van der Waals surface area contributed by atoms with Crippen LogP contribution >= 0.6 is 0 Å². The SMILES string of the molecule is CCCC1NC(=O)C(C(C)C)N(C2CC(C)C2)C1=O. The summed E-state index contributed by atoms with van der Waals surface area (Å²) >= 11 is 0. The molecule has 4 nitrogen and oxygen atoms in total. The standard InChI is InChI=1S/C15H26N2O2/c1-5-6-12-15(19)17(11-7-10(4)8-11)13(9(2)3)14(18)16-12/h9-13H,5-8H2,1-4H3,(H,16,18). The highest BCUT2D eigenvalue weighted by Gasteiger charge is 2.47. The number of nitrogens with zero attached hydrogens (tertiary/aromatic N) is 1. The summed E-state index contributed by atoms with van der Waals surface area (Å²) in [5.74, 6) is 1.02. The number of hydrogen-bond donors (Lipinski definition) is 1. The highest BCUT2D eigenvalue weighted by atomic mass is 16.2. The number of piperazine rings is 1. The Kier molecular flexibility index (Phi) is 4.16. The van der Waals surface area contributed by atoms with Crippen LogP contribution in [0.5, 0.6) is 0 Å². The number of carbonyl (C=O) groups is 2. The zero-order chi connectivity index (χ0) is 14.2. The second-order valence-corrected chi connectivity index (χ2v) is 6.51. The summed E-state index contributed by atoms with van der Waals surface area (Å²) in [4.78, 5) is 26.8. The van der Waals surface area contributed by atoms with Gasteiger partial charge in [-0.2, -0.15) is 0 Å². The Morgan fingerprint density at radius 3 is 2.42 bits per heavy atom. The van der Waals surface area contributed by atoms with Crippen molar-refractivity contribution in [1.82, 2.24) is 10.2 Å². The molecule has 4 heteroatoms. The largest absolute Gasteiger partial charge is 0.342 e. The Balaban J connectivity index is 2.20. The van der Waals surface area contributed by atoms with Crippen LogP contribution in [-0.4, -0.2) is 34.8 Å². The van der Waals surface area contributed by atoms with Crippen molar-refractivity contribution >= 4 is 11.8 Å². The Labute approximate surface area is 115 Å². The van der Waals surface area contributed by atoms with Gasteiger partial charge >= 0.3 is 0 Å². The molecule has 19 heavy (non-hydrogen) atoms. The second kappa shape index (κ2) is 5.51. The second-order valence-electron chi connectivity index (χ2n) is 6.51. The lowest BCUT2D eigenvalue weighted by atomic mass is 9.78. The highest BCUT2D eigenvalue weighted by molar-refractivity contribution is 5.97. The van der Waals surface area contributed by atoms with Gasteiger partial charge in [-0.05, 0) is 31.1 Å². The molecule has 1 saturated carbocycles. The van der Waals surface area contributed by atoms with Gasteiger partial charge in [-0.15, -0.1) is 0 Å². The summed E-state index contributed by atoms with van der Waals surface area (Å²) in [5.41, 5.74) is 0. The van der Waals surface area contributed by atoms with E-state index in [4.69, 9.17) is 0 Å². The zero-order valence-electron chi connectivity index (χ0n) is 12.5. The molecule has 1 N–H and O–H groups in total. The number of amides is 2. The van der Waals surface area contributed by atoms with Crippen LogP contribution in [0.15, 0.2) is 0 Å². The van der Waals surface area contributed by atoms with Gasteiger partial charge in [0.25, 0.3) is 0 Å². The lowest BCUT2D eigenvalue weighted by molar-refractivity contribution is -0.157. The fraction of sp³-hybridized carbons (Fsp3) is 0.867.